The summed E-state index contributed by atoms with van der Waals surface area (Å²) in [6.45, 7) is 7.75. The zero-order chi connectivity index (χ0) is 14.7. The molecule has 1 aromatic rings. The Morgan fingerprint density at radius 3 is 2.65 bits per heavy atom. The number of hydrogen-bond acceptors (Lipinski definition) is 2. The summed E-state index contributed by atoms with van der Waals surface area (Å²) in [5.74, 6) is 1.02. The molecule has 0 saturated heterocycles. The van der Waals surface area contributed by atoms with Gasteiger partial charge < -0.3 is 4.90 Å². The van der Waals surface area contributed by atoms with E-state index in [-0.39, 0.29) is 11.8 Å². The van der Waals surface area contributed by atoms with Crippen LogP contribution in [0.1, 0.15) is 62.0 Å². The highest BCUT2D eigenvalue weighted by molar-refractivity contribution is 6.29. The van der Waals surface area contributed by atoms with Gasteiger partial charge in [0.05, 0.1) is 0 Å². The van der Waals surface area contributed by atoms with Crippen LogP contribution in [0.5, 0.6) is 0 Å². The number of carbonyl (C=O) groups is 1. The molecule has 3 nitrogen and oxygen atoms in total. The minimum Gasteiger partial charge on any atom is -0.339 e. The van der Waals surface area contributed by atoms with E-state index in [2.05, 4.69) is 18.8 Å². The molecule has 2 rings (SSSR count). The standard InChI is InChI=1S/C16H23ClN2O/c1-4-19(10-12-6-5-7-12)16(20)13-8-14(11(2)3)18-15(17)9-13/h8-9,11-12H,4-7,10H2,1-3H3. The highest BCUT2D eigenvalue weighted by Crippen LogP contribution is 2.28. The number of aromatic nitrogens is 1. The maximum absolute atomic E-state index is 12.6. The molecule has 1 fully saturated rings. The van der Waals surface area contributed by atoms with E-state index in [9.17, 15) is 4.79 Å². The number of rotatable bonds is 5. The van der Waals surface area contributed by atoms with Crippen LogP contribution in [0.15, 0.2) is 12.1 Å². The molecule has 0 atom stereocenters. The van der Waals surface area contributed by atoms with Crippen molar-refractivity contribution in [2.75, 3.05) is 13.1 Å². The monoisotopic (exact) mass is 294 g/mol. The van der Waals surface area contributed by atoms with Crippen molar-refractivity contribution in [2.24, 2.45) is 5.92 Å². The highest BCUT2D eigenvalue weighted by atomic mass is 35.5. The van der Waals surface area contributed by atoms with E-state index in [4.69, 9.17) is 11.6 Å². The van der Waals surface area contributed by atoms with Crippen molar-refractivity contribution in [3.05, 3.63) is 28.5 Å². The zero-order valence-corrected chi connectivity index (χ0v) is 13.3. The molecule has 0 N–H and O–H groups in total. The Bertz CT molecular complexity index is 483. The highest BCUT2D eigenvalue weighted by Gasteiger charge is 2.24. The van der Waals surface area contributed by atoms with Crippen LogP contribution in [0.25, 0.3) is 0 Å². The third-order valence-corrected chi connectivity index (χ3v) is 4.22. The van der Waals surface area contributed by atoms with Crippen LogP contribution >= 0.6 is 11.6 Å². The molecule has 0 spiro atoms. The molecule has 0 aliphatic heterocycles. The fourth-order valence-corrected chi connectivity index (χ4v) is 2.68. The Hall–Kier alpha value is -1.09. The van der Waals surface area contributed by atoms with Crippen molar-refractivity contribution in [1.29, 1.82) is 0 Å². The van der Waals surface area contributed by atoms with E-state index < -0.39 is 0 Å². The third-order valence-electron chi connectivity index (χ3n) is 4.02. The summed E-state index contributed by atoms with van der Waals surface area (Å²) in [5, 5.41) is 0.402. The Morgan fingerprint density at radius 1 is 1.45 bits per heavy atom. The SMILES string of the molecule is CCN(CC1CCC1)C(=O)c1cc(Cl)nc(C(C)C)c1. The maximum atomic E-state index is 12.6. The first-order valence-corrected chi connectivity index (χ1v) is 7.85. The molecule has 110 valence electrons. The number of hydrogen-bond donors (Lipinski definition) is 0. The lowest BCUT2D eigenvalue weighted by Gasteiger charge is -2.32. The first kappa shape index (κ1) is 15.3. The molecule has 1 aliphatic rings. The Morgan fingerprint density at radius 2 is 2.15 bits per heavy atom. The summed E-state index contributed by atoms with van der Waals surface area (Å²) in [7, 11) is 0. The number of pyridine rings is 1. The molecular formula is C16H23ClN2O. The number of carbonyl (C=O) groups excluding carboxylic acids is 1. The number of halogens is 1. The smallest absolute Gasteiger partial charge is 0.254 e. The average Bonchev–Trinajstić information content (AvgIpc) is 2.36. The Balaban J connectivity index is 2.17. The number of amides is 1. The van der Waals surface area contributed by atoms with Crippen LogP contribution in [0, 0.1) is 5.92 Å². The van der Waals surface area contributed by atoms with Gasteiger partial charge in [0, 0.05) is 24.3 Å². The van der Waals surface area contributed by atoms with E-state index in [0.717, 1.165) is 18.8 Å². The van der Waals surface area contributed by atoms with E-state index in [1.54, 1.807) is 6.07 Å². The molecule has 4 heteroatoms. The van der Waals surface area contributed by atoms with Crippen molar-refractivity contribution in [2.45, 2.75) is 46.0 Å². The van der Waals surface area contributed by atoms with Gasteiger partial charge in [0.1, 0.15) is 5.15 Å². The second kappa shape index (κ2) is 6.57. The van der Waals surface area contributed by atoms with Crippen LogP contribution < -0.4 is 0 Å². The van der Waals surface area contributed by atoms with Crippen molar-refractivity contribution >= 4 is 17.5 Å². The molecule has 0 aromatic carbocycles. The molecule has 1 aliphatic carbocycles. The van der Waals surface area contributed by atoms with E-state index in [0.29, 0.717) is 16.6 Å². The van der Waals surface area contributed by atoms with E-state index >= 15 is 0 Å². The summed E-state index contributed by atoms with van der Waals surface area (Å²) in [6.07, 6.45) is 3.80. The lowest BCUT2D eigenvalue weighted by Crippen LogP contribution is -2.37. The van der Waals surface area contributed by atoms with Crippen LogP contribution in [-0.2, 0) is 0 Å². The molecule has 1 amide bonds. The first-order valence-electron chi connectivity index (χ1n) is 7.48. The molecule has 0 bridgehead atoms. The zero-order valence-electron chi connectivity index (χ0n) is 12.5. The van der Waals surface area contributed by atoms with Gasteiger partial charge in [-0.2, -0.15) is 0 Å². The molecule has 1 heterocycles. The summed E-state index contributed by atoms with van der Waals surface area (Å²) in [6, 6.07) is 3.56. The van der Waals surface area contributed by atoms with E-state index in [1.165, 1.54) is 19.3 Å². The van der Waals surface area contributed by atoms with Gasteiger partial charge in [-0.25, -0.2) is 4.98 Å². The number of nitrogens with zero attached hydrogens (tertiary/aromatic N) is 2. The van der Waals surface area contributed by atoms with Crippen molar-refractivity contribution in [3.63, 3.8) is 0 Å². The molecule has 1 saturated carbocycles. The molecule has 1 aromatic heterocycles. The van der Waals surface area contributed by atoms with Gasteiger partial charge in [-0.05, 0) is 43.7 Å². The second-order valence-corrected chi connectivity index (χ2v) is 6.29. The summed E-state index contributed by atoms with van der Waals surface area (Å²) < 4.78 is 0. The first-order chi connectivity index (χ1) is 9.51. The van der Waals surface area contributed by atoms with Crippen LogP contribution in [0.4, 0.5) is 0 Å². The van der Waals surface area contributed by atoms with Crippen LogP contribution in [-0.4, -0.2) is 28.9 Å². The van der Waals surface area contributed by atoms with Gasteiger partial charge in [-0.15, -0.1) is 0 Å². The van der Waals surface area contributed by atoms with Crippen molar-refractivity contribution in [3.8, 4) is 0 Å². The van der Waals surface area contributed by atoms with Gasteiger partial charge >= 0.3 is 0 Å². The Labute approximate surface area is 126 Å². The van der Waals surface area contributed by atoms with E-state index in [1.807, 2.05) is 17.9 Å². The fourth-order valence-electron chi connectivity index (χ4n) is 2.46. The third kappa shape index (κ3) is 3.51. The minimum absolute atomic E-state index is 0.0746. The van der Waals surface area contributed by atoms with Crippen LogP contribution in [0.2, 0.25) is 5.15 Å². The Kier molecular flexibility index (Phi) is 5.03. The normalized spacial score (nSPS) is 15.2. The summed E-state index contributed by atoms with van der Waals surface area (Å²) in [5.41, 5.74) is 1.54. The lowest BCUT2D eigenvalue weighted by atomic mass is 9.85. The maximum Gasteiger partial charge on any atom is 0.254 e. The summed E-state index contributed by atoms with van der Waals surface area (Å²) in [4.78, 5) is 18.8. The minimum atomic E-state index is 0.0746. The van der Waals surface area contributed by atoms with Crippen molar-refractivity contribution < 1.29 is 4.79 Å². The fraction of sp³-hybridized carbons (Fsp3) is 0.625. The largest absolute Gasteiger partial charge is 0.339 e. The lowest BCUT2D eigenvalue weighted by molar-refractivity contribution is 0.0706. The molecule has 0 radical (unpaired) electrons. The molecule has 20 heavy (non-hydrogen) atoms. The van der Waals surface area contributed by atoms with Crippen LogP contribution in [0.3, 0.4) is 0 Å². The average molecular weight is 295 g/mol. The van der Waals surface area contributed by atoms with Gasteiger partial charge in [0.25, 0.3) is 5.91 Å². The van der Waals surface area contributed by atoms with Gasteiger partial charge in [0.2, 0.25) is 0 Å². The van der Waals surface area contributed by atoms with Gasteiger partial charge in [-0.3, -0.25) is 4.79 Å². The summed E-state index contributed by atoms with van der Waals surface area (Å²) >= 11 is 6.05. The predicted molar refractivity (Wildman–Crippen MR) is 82.3 cm³/mol. The molecule has 0 unspecified atom stereocenters. The second-order valence-electron chi connectivity index (χ2n) is 5.90. The van der Waals surface area contributed by atoms with Gasteiger partial charge in [-0.1, -0.05) is 31.9 Å². The topological polar surface area (TPSA) is 33.2 Å². The van der Waals surface area contributed by atoms with Gasteiger partial charge in [0.15, 0.2) is 0 Å². The predicted octanol–water partition coefficient (Wildman–Crippen LogP) is 4.12. The van der Waals surface area contributed by atoms with Crippen molar-refractivity contribution in [1.82, 2.24) is 9.88 Å². The quantitative estimate of drug-likeness (QED) is 0.765. The molecular weight excluding hydrogens is 272 g/mol.